The van der Waals surface area contributed by atoms with Gasteiger partial charge in [0.1, 0.15) is 11.9 Å². The van der Waals surface area contributed by atoms with Gasteiger partial charge in [-0.15, -0.1) is 11.3 Å². The van der Waals surface area contributed by atoms with Gasteiger partial charge in [0.2, 0.25) is 10.0 Å². The van der Waals surface area contributed by atoms with Crippen LogP contribution in [-0.4, -0.2) is 42.1 Å². The number of nitrogens with zero attached hydrogens (tertiary/aromatic N) is 1. The van der Waals surface area contributed by atoms with Crippen molar-refractivity contribution in [1.29, 1.82) is 0 Å². The quantitative estimate of drug-likeness (QED) is 0.845. The highest BCUT2D eigenvalue weighted by molar-refractivity contribution is 7.89. The number of rotatable bonds is 4. The molecule has 1 aromatic heterocycles. The zero-order valence-corrected chi connectivity index (χ0v) is 14.3. The van der Waals surface area contributed by atoms with Crippen LogP contribution in [0.1, 0.15) is 16.5 Å². The van der Waals surface area contributed by atoms with Crippen LogP contribution in [0.25, 0.3) is 0 Å². The fraction of sp³-hybridized carbons (Fsp3) is 0.267. The minimum absolute atomic E-state index is 0.0552. The lowest BCUT2D eigenvalue weighted by molar-refractivity contribution is -0.146. The van der Waals surface area contributed by atoms with Crippen LogP contribution in [-0.2, 0) is 21.4 Å². The number of thiophene rings is 1. The normalized spacial score (nSPS) is 21.2. The number of benzene rings is 1. The molecule has 24 heavy (non-hydrogen) atoms. The Morgan fingerprint density at radius 2 is 1.96 bits per heavy atom. The second-order valence-corrected chi connectivity index (χ2v) is 8.10. The van der Waals surface area contributed by atoms with Crippen molar-refractivity contribution >= 4 is 27.3 Å². The highest BCUT2D eigenvalue weighted by atomic mass is 32.2. The number of carboxylic acids is 1. The van der Waals surface area contributed by atoms with E-state index in [1.54, 1.807) is 11.4 Å². The average Bonchev–Trinajstić information content (AvgIpc) is 3.03. The predicted octanol–water partition coefficient (Wildman–Crippen LogP) is 1.45. The van der Waals surface area contributed by atoms with Crippen molar-refractivity contribution in [2.75, 3.05) is 7.11 Å². The van der Waals surface area contributed by atoms with Gasteiger partial charge in [0.05, 0.1) is 12.0 Å². The minimum Gasteiger partial charge on any atom is -0.497 e. The van der Waals surface area contributed by atoms with Gasteiger partial charge in [-0.2, -0.15) is 4.31 Å². The first-order valence-corrected chi connectivity index (χ1v) is 9.31. The van der Waals surface area contributed by atoms with E-state index >= 15 is 0 Å². The van der Waals surface area contributed by atoms with Crippen LogP contribution < -0.4 is 4.74 Å². The van der Waals surface area contributed by atoms with Gasteiger partial charge in [0, 0.05) is 11.4 Å². The summed E-state index contributed by atoms with van der Waals surface area (Å²) in [5.41, 5.74) is 0.613. The van der Waals surface area contributed by atoms with Crippen molar-refractivity contribution in [3.63, 3.8) is 0 Å². The number of hydrogen-bond donors (Lipinski definition) is 2. The first-order valence-electron chi connectivity index (χ1n) is 6.99. The van der Waals surface area contributed by atoms with Gasteiger partial charge < -0.3 is 14.9 Å². The third kappa shape index (κ3) is 2.69. The lowest BCUT2D eigenvalue weighted by Crippen LogP contribution is -2.50. The molecule has 1 aliphatic rings. The fourth-order valence-corrected chi connectivity index (χ4v) is 5.18. The van der Waals surface area contributed by atoms with E-state index in [2.05, 4.69) is 0 Å². The van der Waals surface area contributed by atoms with E-state index in [-0.39, 0.29) is 11.4 Å². The fourth-order valence-electron chi connectivity index (χ4n) is 2.68. The molecule has 2 heterocycles. The molecule has 2 N–H and O–H groups in total. The second-order valence-electron chi connectivity index (χ2n) is 5.26. The Kier molecular flexibility index (Phi) is 4.35. The van der Waals surface area contributed by atoms with Crippen LogP contribution in [0.2, 0.25) is 0 Å². The van der Waals surface area contributed by atoms with Crippen LogP contribution in [0.5, 0.6) is 5.75 Å². The van der Waals surface area contributed by atoms with Gasteiger partial charge in [-0.3, -0.25) is 4.79 Å². The molecular weight excluding hydrogens is 354 g/mol. The standard InChI is InChI=1S/C15H15NO6S2/c1-22-10-2-4-11(5-3-10)24(20,21)16-8-9-6-7-23-14(9)13(17)12(16)15(18)19/h2-7,12-13,17H,8H2,1H3,(H,18,19)/t12-,13-/m1/s1. The molecule has 128 valence electrons. The number of sulfonamides is 1. The van der Waals surface area contributed by atoms with E-state index in [0.29, 0.717) is 16.2 Å². The average molecular weight is 369 g/mol. The zero-order chi connectivity index (χ0) is 17.5. The summed E-state index contributed by atoms with van der Waals surface area (Å²) in [7, 11) is -2.63. The molecule has 0 radical (unpaired) electrons. The van der Waals surface area contributed by atoms with Crippen molar-refractivity contribution in [3.8, 4) is 5.75 Å². The third-order valence-electron chi connectivity index (χ3n) is 3.90. The van der Waals surface area contributed by atoms with E-state index < -0.39 is 28.1 Å². The molecule has 0 bridgehead atoms. The minimum atomic E-state index is -4.09. The molecule has 2 atom stereocenters. The van der Waals surface area contributed by atoms with Gasteiger partial charge >= 0.3 is 5.97 Å². The molecule has 3 rings (SSSR count). The largest absolute Gasteiger partial charge is 0.497 e. The Bertz CT molecular complexity index is 858. The van der Waals surface area contributed by atoms with Crippen molar-refractivity contribution in [2.24, 2.45) is 0 Å². The molecule has 2 aromatic rings. The van der Waals surface area contributed by atoms with Crippen LogP contribution >= 0.6 is 11.3 Å². The first kappa shape index (κ1) is 16.9. The molecule has 9 heteroatoms. The third-order valence-corrected chi connectivity index (χ3v) is 6.78. The van der Waals surface area contributed by atoms with Crippen molar-refractivity contribution in [3.05, 3.63) is 46.2 Å². The number of ether oxygens (including phenoxy) is 1. The Labute approximate surface area is 142 Å². The zero-order valence-electron chi connectivity index (χ0n) is 12.6. The summed E-state index contributed by atoms with van der Waals surface area (Å²) in [5.74, 6) is -0.902. The molecule has 0 aliphatic carbocycles. The van der Waals surface area contributed by atoms with Gasteiger partial charge in [-0.1, -0.05) is 0 Å². The molecule has 0 spiro atoms. The number of fused-ring (bicyclic) bond motifs is 1. The maximum atomic E-state index is 12.9. The first-order chi connectivity index (χ1) is 11.4. The summed E-state index contributed by atoms with van der Waals surface area (Å²) >= 11 is 1.22. The maximum absolute atomic E-state index is 12.9. The van der Waals surface area contributed by atoms with Crippen LogP contribution in [0.15, 0.2) is 40.6 Å². The van der Waals surface area contributed by atoms with E-state index in [9.17, 15) is 23.4 Å². The molecule has 0 saturated carbocycles. The van der Waals surface area contributed by atoms with Crippen LogP contribution in [0.4, 0.5) is 0 Å². The number of aliphatic hydroxyl groups excluding tert-OH is 1. The molecule has 0 unspecified atom stereocenters. The highest BCUT2D eigenvalue weighted by Gasteiger charge is 2.45. The Balaban J connectivity index is 2.06. The molecule has 1 aromatic carbocycles. The Morgan fingerprint density at radius 3 is 2.54 bits per heavy atom. The summed E-state index contributed by atoms with van der Waals surface area (Å²) in [6, 6.07) is 5.80. The highest BCUT2D eigenvalue weighted by Crippen LogP contribution is 2.38. The van der Waals surface area contributed by atoms with Gasteiger partial charge in [-0.25, -0.2) is 8.42 Å². The van der Waals surface area contributed by atoms with E-state index in [1.165, 1.54) is 42.7 Å². The second kappa shape index (κ2) is 6.17. The molecule has 0 fully saturated rings. The number of aliphatic carboxylic acids is 1. The smallest absolute Gasteiger partial charge is 0.325 e. The summed E-state index contributed by atoms with van der Waals surface area (Å²) in [6.45, 7) is -0.0960. The topological polar surface area (TPSA) is 104 Å². The predicted molar refractivity (Wildman–Crippen MR) is 86.4 cm³/mol. The number of methoxy groups -OCH3 is 1. The van der Waals surface area contributed by atoms with Gasteiger partial charge in [-0.05, 0) is 41.3 Å². The van der Waals surface area contributed by atoms with Crippen molar-refractivity contribution < 1.29 is 28.2 Å². The van der Waals surface area contributed by atoms with Crippen molar-refractivity contribution in [2.45, 2.75) is 23.6 Å². The molecule has 0 amide bonds. The number of carboxylic acid groups (broad SMARTS) is 1. The molecule has 1 aliphatic heterocycles. The van der Waals surface area contributed by atoms with E-state index in [0.717, 1.165) is 4.31 Å². The van der Waals surface area contributed by atoms with Gasteiger partial charge in [0.15, 0.2) is 6.04 Å². The summed E-state index contributed by atoms with van der Waals surface area (Å²) in [6.07, 6.45) is -1.40. The summed E-state index contributed by atoms with van der Waals surface area (Å²) in [5, 5.41) is 21.5. The summed E-state index contributed by atoms with van der Waals surface area (Å²) in [4.78, 5) is 12.0. The number of hydrogen-bond acceptors (Lipinski definition) is 6. The Hall–Kier alpha value is -1.94. The lowest BCUT2D eigenvalue weighted by atomic mass is 10.0. The maximum Gasteiger partial charge on any atom is 0.325 e. The number of aliphatic hydroxyl groups is 1. The SMILES string of the molecule is COc1ccc(S(=O)(=O)N2Cc3ccsc3[C@H](O)[C@@H]2C(=O)O)cc1. The van der Waals surface area contributed by atoms with Crippen LogP contribution in [0, 0.1) is 0 Å². The summed E-state index contributed by atoms with van der Waals surface area (Å²) < 4.78 is 31.6. The number of carbonyl (C=O) groups is 1. The van der Waals surface area contributed by atoms with E-state index in [4.69, 9.17) is 4.74 Å². The molecule has 0 saturated heterocycles. The molecule has 7 nitrogen and oxygen atoms in total. The van der Waals surface area contributed by atoms with Crippen LogP contribution in [0.3, 0.4) is 0 Å². The van der Waals surface area contributed by atoms with Crippen molar-refractivity contribution in [1.82, 2.24) is 4.31 Å². The van der Waals surface area contributed by atoms with Gasteiger partial charge in [0.25, 0.3) is 0 Å². The van der Waals surface area contributed by atoms with E-state index in [1.807, 2.05) is 0 Å². The monoisotopic (exact) mass is 369 g/mol. The molecular formula is C15H15NO6S2. The lowest BCUT2D eigenvalue weighted by Gasteiger charge is -2.35. The Morgan fingerprint density at radius 1 is 1.29 bits per heavy atom.